The van der Waals surface area contributed by atoms with Crippen LogP contribution in [0.15, 0.2) is 6.20 Å². The molecule has 0 amide bonds. The van der Waals surface area contributed by atoms with E-state index in [2.05, 4.69) is 4.98 Å². The Morgan fingerprint density at radius 2 is 1.94 bits per heavy atom. The predicted molar refractivity (Wildman–Crippen MR) is 62.7 cm³/mol. The van der Waals surface area contributed by atoms with Crippen molar-refractivity contribution in [1.29, 1.82) is 0 Å². The van der Waals surface area contributed by atoms with Gasteiger partial charge in [0.2, 0.25) is 0 Å². The molecule has 1 aliphatic rings. The molecule has 1 aromatic heterocycles. The fraction of sp³-hybridized carbons (Fsp3) is 0.615. The SMILES string of the molecule is Cc1c[nH]c(C)c1C1(C(=O)O)CCCCC1. The van der Waals surface area contributed by atoms with Crippen LogP contribution in [0.4, 0.5) is 0 Å². The van der Waals surface area contributed by atoms with Gasteiger partial charge in [-0.3, -0.25) is 4.79 Å². The van der Waals surface area contributed by atoms with Gasteiger partial charge in [0.1, 0.15) is 0 Å². The third-order valence-electron chi connectivity index (χ3n) is 3.87. The van der Waals surface area contributed by atoms with Crippen LogP contribution in [0.3, 0.4) is 0 Å². The van der Waals surface area contributed by atoms with Crippen molar-refractivity contribution in [2.24, 2.45) is 0 Å². The number of carboxylic acid groups (broad SMARTS) is 1. The first-order chi connectivity index (χ1) is 7.58. The summed E-state index contributed by atoms with van der Waals surface area (Å²) in [5.74, 6) is -0.655. The Hall–Kier alpha value is -1.25. The van der Waals surface area contributed by atoms with Gasteiger partial charge >= 0.3 is 5.97 Å². The highest BCUT2D eigenvalue weighted by atomic mass is 16.4. The summed E-state index contributed by atoms with van der Waals surface area (Å²) in [6, 6.07) is 0. The summed E-state index contributed by atoms with van der Waals surface area (Å²) in [6.45, 7) is 3.97. The molecule has 16 heavy (non-hydrogen) atoms. The Bertz CT molecular complexity index is 381. The normalized spacial score (nSPS) is 19.6. The van der Waals surface area contributed by atoms with Gasteiger partial charge in [0.05, 0.1) is 5.41 Å². The van der Waals surface area contributed by atoms with E-state index in [0.29, 0.717) is 0 Å². The zero-order valence-corrected chi connectivity index (χ0v) is 9.97. The Balaban J connectivity index is 2.51. The minimum Gasteiger partial charge on any atom is -0.481 e. The van der Waals surface area contributed by atoms with Crippen molar-refractivity contribution in [1.82, 2.24) is 4.98 Å². The number of rotatable bonds is 2. The lowest BCUT2D eigenvalue weighted by atomic mass is 9.68. The molecule has 2 N–H and O–H groups in total. The minimum atomic E-state index is -0.655. The predicted octanol–water partition coefficient (Wildman–Crippen LogP) is 2.92. The van der Waals surface area contributed by atoms with Crippen LogP contribution in [0.2, 0.25) is 0 Å². The number of aryl methyl sites for hydroxylation is 2. The molecule has 88 valence electrons. The maximum atomic E-state index is 11.7. The highest BCUT2D eigenvalue weighted by Gasteiger charge is 2.43. The lowest BCUT2D eigenvalue weighted by molar-refractivity contribution is -0.145. The molecule has 3 heteroatoms. The molecule has 1 heterocycles. The number of carbonyl (C=O) groups is 1. The van der Waals surface area contributed by atoms with Crippen molar-refractivity contribution in [2.75, 3.05) is 0 Å². The summed E-state index contributed by atoms with van der Waals surface area (Å²) in [5.41, 5.74) is 2.50. The second kappa shape index (κ2) is 3.96. The molecule has 1 aliphatic carbocycles. The number of nitrogens with one attached hydrogen (secondary N) is 1. The van der Waals surface area contributed by atoms with E-state index in [1.54, 1.807) is 0 Å². The first-order valence-corrected chi connectivity index (χ1v) is 5.96. The van der Waals surface area contributed by atoms with Gasteiger partial charge in [-0.15, -0.1) is 0 Å². The minimum absolute atomic E-state index is 0.633. The molecule has 0 bridgehead atoms. The first kappa shape index (κ1) is 11.2. The third kappa shape index (κ3) is 1.55. The van der Waals surface area contributed by atoms with E-state index in [1.807, 2.05) is 20.0 Å². The maximum Gasteiger partial charge on any atom is 0.314 e. The Kier molecular flexibility index (Phi) is 2.78. The van der Waals surface area contributed by atoms with Crippen LogP contribution in [-0.2, 0) is 10.2 Å². The lowest BCUT2D eigenvalue weighted by Gasteiger charge is -2.34. The maximum absolute atomic E-state index is 11.7. The molecule has 0 atom stereocenters. The van der Waals surface area contributed by atoms with Crippen LogP contribution in [0.1, 0.15) is 48.9 Å². The number of H-pyrrole nitrogens is 1. The summed E-state index contributed by atoms with van der Waals surface area (Å²) in [7, 11) is 0. The van der Waals surface area contributed by atoms with Crippen molar-refractivity contribution >= 4 is 5.97 Å². The Labute approximate surface area is 95.9 Å². The summed E-state index contributed by atoms with van der Waals surface area (Å²) in [6.07, 6.45) is 6.69. The monoisotopic (exact) mass is 221 g/mol. The van der Waals surface area contributed by atoms with Gasteiger partial charge in [0.15, 0.2) is 0 Å². The zero-order chi connectivity index (χ0) is 11.8. The standard InChI is InChI=1S/C13H19NO2/c1-9-8-14-10(2)11(9)13(12(15)16)6-4-3-5-7-13/h8,14H,3-7H2,1-2H3,(H,15,16). The molecule has 3 nitrogen and oxygen atoms in total. The Morgan fingerprint density at radius 3 is 2.38 bits per heavy atom. The third-order valence-corrected chi connectivity index (χ3v) is 3.87. The number of aliphatic carboxylic acids is 1. The van der Waals surface area contributed by atoms with Crippen LogP contribution in [0.25, 0.3) is 0 Å². The van der Waals surface area contributed by atoms with Gasteiger partial charge in [-0.05, 0) is 37.8 Å². The average molecular weight is 221 g/mol. The van der Waals surface area contributed by atoms with Crippen molar-refractivity contribution in [3.8, 4) is 0 Å². The average Bonchev–Trinajstić information content (AvgIpc) is 2.60. The van der Waals surface area contributed by atoms with Crippen molar-refractivity contribution in [3.63, 3.8) is 0 Å². The fourth-order valence-corrected chi connectivity index (χ4v) is 3.12. The topological polar surface area (TPSA) is 53.1 Å². The molecule has 1 fully saturated rings. The quantitative estimate of drug-likeness (QED) is 0.806. The van der Waals surface area contributed by atoms with Gasteiger partial charge in [-0.25, -0.2) is 0 Å². The Morgan fingerprint density at radius 1 is 1.31 bits per heavy atom. The van der Waals surface area contributed by atoms with E-state index in [9.17, 15) is 9.90 Å². The van der Waals surface area contributed by atoms with E-state index in [-0.39, 0.29) is 0 Å². The van der Waals surface area contributed by atoms with Gasteiger partial charge in [-0.2, -0.15) is 0 Å². The van der Waals surface area contributed by atoms with Gasteiger partial charge in [-0.1, -0.05) is 19.3 Å². The molecule has 0 aliphatic heterocycles. The summed E-state index contributed by atoms with van der Waals surface area (Å²) < 4.78 is 0. The van der Waals surface area contributed by atoms with E-state index in [0.717, 1.165) is 48.9 Å². The summed E-state index contributed by atoms with van der Waals surface area (Å²) >= 11 is 0. The summed E-state index contributed by atoms with van der Waals surface area (Å²) in [4.78, 5) is 14.8. The molecule has 0 unspecified atom stereocenters. The van der Waals surface area contributed by atoms with Crippen LogP contribution in [0, 0.1) is 13.8 Å². The highest BCUT2D eigenvalue weighted by Crippen LogP contribution is 2.42. The number of hydrogen-bond acceptors (Lipinski definition) is 1. The van der Waals surface area contributed by atoms with Crippen LogP contribution in [-0.4, -0.2) is 16.1 Å². The second-order valence-corrected chi connectivity index (χ2v) is 4.92. The van der Waals surface area contributed by atoms with E-state index in [1.165, 1.54) is 0 Å². The molecular formula is C13H19NO2. The number of aromatic amines is 1. The summed E-state index contributed by atoms with van der Waals surface area (Å²) in [5, 5.41) is 9.60. The number of aromatic nitrogens is 1. The van der Waals surface area contributed by atoms with E-state index >= 15 is 0 Å². The van der Waals surface area contributed by atoms with Crippen LogP contribution >= 0.6 is 0 Å². The largest absolute Gasteiger partial charge is 0.481 e. The van der Waals surface area contributed by atoms with Gasteiger partial charge < -0.3 is 10.1 Å². The molecule has 0 spiro atoms. The molecule has 1 saturated carbocycles. The van der Waals surface area contributed by atoms with E-state index in [4.69, 9.17) is 0 Å². The molecule has 1 aromatic rings. The van der Waals surface area contributed by atoms with Crippen LogP contribution < -0.4 is 0 Å². The number of carboxylic acids is 1. The first-order valence-electron chi connectivity index (χ1n) is 5.96. The van der Waals surface area contributed by atoms with Crippen LogP contribution in [0.5, 0.6) is 0 Å². The molecule has 0 aromatic carbocycles. The van der Waals surface area contributed by atoms with Crippen molar-refractivity contribution in [3.05, 3.63) is 23.0 Å². The molecule has 0 radical (unpaired) electrons. The van der Waals surface area contributed by atoms with E-state index < -0.39 is 11.4 Å². The smallest absolute Gasteiger partial charge is 0.314 e. The van der Waals surface area contributed by atoms with Gasteiger partial charge in [0, 0.05) is 11.9 Å². The fourth-order valence-electron chi connectivity index (χ4n) is 3.12. The zero-order valence-electron chi connectivity index (χ0n) is 9.97. The molecule has 2 rings (SSSR count). The number of hydrogen-bond donors (Lipinski definition) is 2. The molecular weight excluding hydrogens is 202 g/mol. The van der Waals surface area contributed by atoms with Crippen molar-refractivity contribution in [2.45, 2.75) is 51.4 Å². The lowest BCUT2D eigenvalue weighted by Crippen LogP contribution is -2.38. The van der Waals surface area contributed by atoms with Crippen molar-refractivity contribution < 1.29 is 9.90 Å². The molecule has 0 saturated heterocycles. The highest BCUT2D eigenvalue weighted by molar-refractivity contribution is 5.82. The van der Waals surface area contributed by atoms with Gasteiger partial charge in [0.25, 0.3) is 0 Å². The second-order valence-electron chi connectivity index (χ2n) is 4.92.